The molecule has 0 atom stereocenters. The van der Waals surface area contributed by atoms with E-state index in [9.17, 15) is 0 Å². The largest absolute Gasteiger partial charge is 0.489 e. The number of hydrogen-bond acceptors (Lipinski definition) is 2. The SMILES string of the molecule is N#Cc1cccc(COc2ccc(-c3ccccc3)cc2)c1. The monoisotopic (exact) mass is 285 g/mol. The Morgan fingerprint density at radius 3 is 2.23 bits per heavy atom. The molecule has 0 saturated heterocycles. The van der Waals surface area contributed by atoms with Crippen LogP contribution in [-0.2, 0) is 6.61 Å². The second-order valence-electron chi connectivity index (χ2n) is 4.99. The standard InChI is InChI=1S/C20H15NO/c21-14-16-5-4-6-17(13-16)15-22-20-11-9-19(10-12-20)18-7-2-1-3-8-18/h1-13H,15H2. The second-order valence-corrected chi connectivity index (χ2v) is 4.99. The highest BCUT2D eigenvalue weighted by Crippen LogP contribution is 2.22. The van der Waals surface area contributed by atoms with E-state index in [0.717, 1.165) is 11.3 Å². The lowest BCUT2D eigenvalue weighted by Gasteiger charge is -2.08. The van der Waals surface area contributed by atoms with Crippen LogP contribution in [0.15, 0.2) is 78.9 Å². The van der Waals surface area contributed by atoms with Crippen molar-refractivity contribution in [2.45, 2.75) is 6.61 Å². The second kappa shape index (κ2) is 6.60. The molecule has 3 aromatic carbocycles. The van der Waals surface area contributed by atoms with Crippen LogP contribution >= 0.6 is 0 Å². The molecule has 22 heavy (non-hydrogen) atoms. The van der Waals surface area contributed by atoms with E-state index < -0.39 is 0 Å². The van der Waals surface area contributed by atoms with Crippen LogP contribution in [0.5, 0.6) is 5.75 Å². The molecule has 2 heteroatoms. The third-order valence-electron chi connectivity index (χ3n) is 3.42. The Bertz CT molecular complexity index is 786. The zero-order valence-corrected chi connectivity index (χ0v) is 12.1. The molecular weight excluding hydrogens is 270 g/mol. The predicted molar refractivity (Wildman–Crippen MR) is 87.4 cm³/mol. The van der Waals surface area contributed by atoms with Gasteiger partial charge in [-0.2, -0.15) is 5.26 Å². The molecule has 0 heterocycles. The van der Waals surface area contributed by atoms with Crippen molar-refractivity contribution in [3.63, 3.8) is 0 Å². The van der Waals surface area contributed by atoms with Crippen LogP contribution in [0.1, 0.15) is 11.1 Å². The molecule has 0 aliphatic heterocycles. The van der Waals surface area contributed by atoms with Crippen molar-refractivity contribution >= 4 is 0 Å². The highest BCUT2D eigenvalue weighted by atomic mass is 16.5. The van der Waals surface area contributed by atoms with E-state index in [2.05, 4.69) is 30.3 Å². The number of rotatable bonds is 4. The number of hydrogen-bond donors (Lipinski definition) is 0. The molecule has 0 fully saturated rings. The summed E-state index contributed by atoms with van der Waals surface area (Å²) in [5.74, 6) is 0.821. The summed E-state index contributed by atoms with van der Waals surface area (Å²) in [6, 6.07) is 27.9. The summed E-state index contributed by atoms with van der Waals surface area (Å²) in [4.78, 5) is 0. The lowest BCUT2D eigenvalue weighted by atomic mass is 10.1. The maximum absolute atomic E-state index is 8.90. The van der Waals surface area contributed by atoms with Gasteiger partial charge >= 0.3 is 0 Å². The molecule has 0 bridgehead atoms. The van der Waals surface area contributed by atoms with Gasteiger partial charge in [0.15, 0.2) is 0 Å². The maximum Gasteiger partial charge on any atom is 0.119 e. The molecule has 0 aliphatic rings. The molecule has 106 valence electrons. The molecule has 0 aromatic heterocycles. The zero-order valence-electron chi connectivity index (χ0n) is 12.1. The molecule has 0 radical (unpaired) electrons. The van der Waals surface area contributed by atoms with E-state index in [1.54, 1.807) is 6.07 Å². The molecule has 0 amide bonds. The van der Waals surface area contributed by atoms with E-state index in [4.69, 9.17) is 10.00 Å². The van der Waals surface area contributed by atoms with E-state index in [-0.39, 0.29) is 0 Å². The Hall–Kier alpha value is -3.05. The first-order valence-electron chi connectivity index (χ1n) is 7.12. The molecule has 3 rings (SSSR count). The van der Waals surface area contributed by atoms with E-state index in [1.165, 1.54) is 11.1 Å². The Labute approximate surface area is 130 Å². The third-order valence-corrected chi connectivity index (χ3v) is 3.42. The summed E-state index contributed by atoms with van der Waals surface area (Å²) in [6.45, 7) is 0.459. The molecule has 0 aliphatic carbocycles. The minimum absolute atomic E-state index is 0.459. The molecular formula is C20H15NO. The van der Waals surface area contributed by atoms with Crippen molar-refractivity contribution < 1.29 is 4.74 Å². The molecule has 0 unspecified atom stereocenters. The van der Waals surface area contributed by atoms with Crippen LogP contribution in [0.2, 0.25) is 0 Å². The van der Waals surface area contributed by atoms with Gasteiger partial charge in [0.05, 0.1) is 11.6 Å². The van der Waals surface area contributed by atoms with Gasteiger partial charge in [0.25, 0.3) is 0 Å². The minimum atomic E-state index is 0.459. The van der Waals surface area contributed by atoms with Crippen molar-refractivity contribution in [3.8, 4) is 22.9 Å². The lowest BCUT2D eigenvalue weighted by molar-refractivity contribution is 0.306. The van der Waals surface area contributed by atoms with E-state index in [1.807, 2.05) is 48.5 Å². The van der Waals surface area contributed by atoms with Crippen LogP contribution in [0.4, 0.5) is 0 Å². The van der Waals surface area contributed by atoms with Crippen LogP contribution in [0.3, 0.4) is 0 Å². The predicted octanol–water partition coefficient (Wildman–Crippen LogP) is 4.80. The first-order chi connectivity index (χ1) is 10.8. The number of nitriles is 1. The molecule has 3 aromatic rings. The van der Waals surface area contributed by atoms with Crippen molar-refractivity contribution in [3.05, 3.63) is 90.0 Å². The van der Waals surface area contributed by atoms with Gasteiger partial charge in [-0.15, -0.1) is 0 Å². The maximum atomic E-state index is 8.90. The smallest absolute Gasteiger partial charge is 0.119 e. The zero-order chi connectivity index (χ0) is 15.2. The summed E-state index contributed by atoms with van der Waals surface area (Å²) in [5, 5.41) is 8.90. The van der Waals surface area contributed by atoms with Gasteiger partial charge in [0, 0.05) is 0 Å². The average Bonchev–Trinajstić information content (AvgIpc) is 2.61. The molecule has 0 N–H and O–H groups in total. The highest BCUT2D eigenvalue weighted by molar-refractivity contribution is 5.63. The van der Waals surface area contributed by atoms with Gasteiger partial charge in [-0.05, 0) is 41.0 Å². The Morgan fingerprint density at radius 2 is 1.50 bits per heavy atom. The number of ether oxygens (including phenoxy) is 1. The molecule has 0 spiro atoms. The molecule has 2 nitrogen and oxygen atoms in total. The van der Waals surface area contributed by atoms with Crippen LogP contribution in [0.25, 0.3) is 11.1 Å². The van der Waals surface area contributed by atoms with Gasteiger partial charge in [-0.1, -0.05) is 54.6 Å². The quantitative estimate of drug-likeness (QED) is 0.689. The Balaban J connectivity index is 1.68. The summed E-state index contributed by atoms with van der Waals surface area (Å²) in [5.41, 5.74) is 4.00. The first kappa shape index (κ1) is 13.9. The van der Waals surface area contributed by atoms with Gasteiger partial charge in [-0.25, -0.2) is 0 Å². The summed E-state index contributed by atoms with van der Waals surface area (Å²) >= 11 is 0. The van der Waals surface area contributed by atoms with E-state index >= 15 is 0 Å². The van der Waals surface area contributed by atoms with Crippen molar-refractivity contribution in [2.75, 3.05) is 0 Å². The van der Waals surface area contributed by atoms with Crippen molar-refractivity contribution in [1.82, 2.24) is 0 Å². The van der Waals surface area contributed by atoms with Crippen LogP contribution in [-0.4, -0.2) is 0 Å². The minimum Gasteiger partial charge on any atom is -0.489 e. The molecule has 0 saturated carbocycles. The summed E-state index contributed by atoms with van der Waals surface area (Å²) < 4.78 is 5.77. The topological polar surface area (TPSA) is 33.0 Å². The van der Waals surface area contributed by atoms with Crippen molar-refractivity contribution in [1.29, 1.82) is 5.26 Å². The van der Waals surface area contributed by atoms with Crippen LogP contribution < -0.4 is 4.74 Å². The van der Waals surface area contributed by atoms with Crippen molar-refractivity contribution in [2.24, 2.45) is 0 Å². The third kappa shape index (κ3) is 3.34. The highest BCUT2D eigenvalue weighted by Gasteiger charge is 2.00. The summed E-state index contributed by atoms with van der Waals surface area (Å²) in [6.07, 6.45) is 0. The average molecular weight is 285 g/mol. The van der Waals surface area contributed by atoms with E-state index in [0.29, 0.717) is 12.2 Å². The normalized spacial score (nSPS) is 9.95. The number of nitrogens with zero attached hydrogens (tertiary/aromatic N) is 1. The van der Waals surface area contributed by atoms with Gasteiger partial charge in [0.2, 0.25) is 0 Å². The van der Waals surface area contributed by atoms with Crippen LogP contribution in [0, 0.1) is 11.3 Å². The fourth-order valence-corrected chi connectivity index (χ4v) is 2.27. The van der Waals surface area contributed by atoms with Gasteiger partial charge in [-0.3, -0.25) is 0 Å². The van der Waals surface area contributed by atoms with Gasteiger partial charge < -0.3 is 4.74 Å². The van der Waals surface area contributed by atoms with Gasteiger partial charge in [0.1, 0.15) is 12.4 Å². The fourth-order valence-electron chi connectivity index (χ4n) is 2.27. The Kier molecular flexibility index (Phi) is 4.17. The number of benzene rings is 3. The summed E-state index contributed by atoms with van der Waals surface area (Å²) in [7, 11) is 0. The first-order valence-corrected chi connectivity index (χ1v) is 7.12. The Morgan fingerprint density at radius 1 is 0.773 bits per heavy atom. The lowest BCUT2D eigenvalue weighted by Crippen LogP contribution is -1.95. The fraction of sp³-hybridized carbons (Fsp3) is 0.0500.